The van der Waals surface area contributed by atoms with E-state index in [1.165, 1.54) is 0 Å². The zero-order valence-electron chi connectivity index (χ0n) is 11.7. The average molecular weight is 281 g/mol. The van der Waals surface area contributed by atoms with Gasteiger partial charge in [0.1, 0.15) is 12.1 Å². The quantitative estimate of drug-likeness (QED) is 0.825. The molecule has 1 amide bonds. The van der Waals surface area contributed by atoms with Crippen molar-refractivity contribution in [3.8, 4) is 0 Å². The van der Waals surface area contributed by atoms with Crippen LogP contribution in [0, 0.1) is 13.8 Å². The van der Waals surface area contributed by atoms with Crippen LogP contribution < -0.4 is 5.32 Å². The van der Waals surface area contributed by atoms with Gasteiger partial charge in [0, 0.05) is 31.7 Å². The Kier molecular flexibility index (Phi) is 4.08. The lowest BCUT2D eigenvalue weighted by atomic mass is 9.90. The van der Waals surface area contributed by atoms with Gasteiger partial charge in [0.05, 0.1) is 5.69 Å². The second kappa shape index (κ2) is 5.62. The van der Waals surface area contributed by atoms with Crippen LogP contribution in [-0.4, -0.2) is 45.5 Å². The van der Waals surface area contributed by atoms with E-state index in [4.69, 9.17) is 4.74 Å². The van der Waals surface area contributed by atoms with Crippen LogP contribution >= 0.6 is 0 Å². The van der Waals surface area contributed by atoms with E-state index in [2.05, 4.69) is 10.4 Å². The van der Waals surface area contributed by atoms with Gasteiger partial charge in [0.15, 0.2) is 0 Å². The van der Waals surface area contributed by atoms with Gasteiger partial charge in [-0.1, -0.05) is 0 Å². The molecule has 2 heterocycles. The Morgan fingerprint density at radius 1 is 1.45 bits per heavy atom. The summed E-state index contributed by atoms with van der Waals surface area (Å²) >= 11 is 0. The second-order valence-electron chi connectivity index (χ2n) is 5.13. The van der Waals surface area contributed by atoms with E-state index in [1.54, 1.807) is 4.68 Å². The van der Waals surface area contributed by atoms with Crippen LogP contribution in [0.5, 0.6) is 0 Å². The number of ether oxygens (including phenoxy) is 1. The Bertz CT molecular complexity index is 518. The number of carbonyl (C=O) groups excluding carboxylic acids is 1. The zero-order chi connectivity index (χ0) is 14.8. The number of hydrogen-bond acceptors (Lipinski definition) is 4. The van der Waals surface area contributed by atoms with Gasteiger partial charge >= 0.3 is 5.97 Å². The first-order valence-electron chi connectivity index (χ1n) is 6.56. The third kappa shape index (κ3) is 2.98. The van der Waals surface area contributed by atoms with Gasteiger partial charge in [0.25, 0.3) is 0 Å². The molecule has 0 unspecified atom stereocenters. The van der Waals surface area contributed by atoms with Crippen molar-refractivity contribution >= 4 is 11.9 Å². The van der Waals surface area contributed by atoms with Gasteiger partial charge in [-0.3, -0.25) is 9.48 Å². The van der Waals surface area contributed by atoms with E-state index in [0.29, 0.717) is 13.2 Å². The molecule has 0 radical (unpaired) electrons. The third-order valence-corrected chi connectivity index (χ3v) is 3.53. The highest BCUT2D eigenvalue weighted by atomic mass is 16.5. The SMILES string of the molecule is Cc1cc(C)n(CC(=O)NC2(C(=O)O)CCOCC2)n1. The lowest BCUT2D eigenvalue weighted by Crippen LogP contribution is -2.58. The first-order chi connectivity index (χ1) is 9.43. The summed E-state index contributed by atoms with van der Waals surface area (Å²) in [5.74, 6) is -1.36. The fourth-order valence-electron chi connectivity index (χ4n) is 2.39. The van der Waals surface area contributed by atoms with Crippen molar-refractivity contribution in [3.05, 3.63) is 17.5 Å². The van der Waals surface area contributed by atoms with Gasteiger partial charge in [-0.15, -0.1) is 0 Å². The lowest BCUT2D eigenvalue weighted by Gasteiger charge is -2.33. The van der Waals surface area contributed by atoms with Gasteiger partial charge in [-0.2, -0.15) is 5.10 Å². The number of nitrogens with one attached hydrogen (secondary N) is 1. The van der Waals surface area contributed by atoms with Gasteiger partial charge < -0.3 is 15.2 Å². The molecule has 1 aliphatic rings. The number of aryl methyl sites for hydroxylation is 2. The molecular formula is C13H19N3O4. The van der Waals surface area contributed by atoms with Crippen LogP contribution in [0.1, 0.15) is 24.2 Å². The summed E-state index contributed by atoms with van der Waals surface area (Å²) in [5.41, 5.74) is 0.481. The molecule has 0 atom stereocenters. The molecule has 110 valence electrons. The van der Waals surface area contributed by atoms with Crippen molar-refractivity contribution < 1.29 is 19.4 Å². The first-order valence-corrected chi connectivity index (χ1v) is 6.56. The molecule has 0 spiro atoms. The van der Waals surface area contributed by atoms with E-state index in [1.807, 2.05) is 19.9 Å². The molecule has 1 aromatic heterocycles. The third-order valence-electron chi connectivity index (χ3n) is 3.53. The minimum absolute atomic E-state index is 0.0234. The summed E-state index contributed by atoms with van der Waals surface area (Å²) in [6.45, 7) is 4.40. The van der Waals surface area contributed by atoms with Gasteiger partial charge in [-0.05, 0) is 19.9 Å². The molecule has 0 bridgehead atoms. The molecule has 1 saturated heterocycles. The van der Waals surface area contributed by atoms with Gasteiger partial charge in [-0.25, -0.2) is 4.79 Å². The maximum absolute atomic E-state index is 12.1. The molecule has 20 heavy (non-hydrogen) atoms. The average Bonchev–Trinajstić information content (AvgIpc) is 2.68. The smallest absolute Gasteiger partial charge is 0.329 e. The van der Waals surface area contributed by atoms with Crippen molar-refractivity contribution in [2.24, 2.45) is 0 Å². The van der Waals surface area contributed by atoms with E-state index in [-0.39, 0.29) is 25.3 Å². The fraction of sp³-hybridized carbons (Fsp3) is 0.615. The first kappa shape index (κ1) is 14.5. The Balaban J connectivity index is 2.05. The number of carboxylic acid groups (broad SMARTS) is 1. The molecule has 2 N–H and O–H groups in total. The molecule has 1 aromatic rings. The van der Waals surface area contributed by atoms with E-state index in [9.17, 15) is 14.7 Å². The van der Waals surface area contributed by atoms with Crippen molar-refractivity contribution in [2.75, 3.05) is 13.2 Å². The largest absolute Gasteiger partial charge is 0.480 e. The molecule has 0 aliphatic carbocycles. The van der Waals surface area contributed by atoms with Crippen LogP contribution in [0.15, 0.2) is 6.07 Å². The number of aromatic nitrogens is 2. The number of nitrogens with zero attached hydrogens (tertiary/aromatic N) is 2. The standard InChI is InChI=1S/C13H19N3O4/c1-9-7-10(2)16(15-9)8-11(17)14-13(12(18)19)3-5-20-6-4-13/h7H,3-6,8H2,1-2H3,(H,14,17)(H,18,19). The summed E-state index contributed by atoms with van der Waals surface area (Å²) in [6.07, 6.45) is 0.566. The normalized spacial score (nSPS) is 17.7. The van der Waals surface area contributed by atoms with Crippen molar-refractivity contribution in [3.63, 3.8) is 0 Å². The highest BCUT2D eigenvalue weighted by molar-refractivity contribution is 5.87. The number of rotatable bonds is 4. The molecule has 1 aliphatic heterocycles. The number of hydrogen-bond donors (Lipinski definition) is 2. The Hall–Kier alpha value is -1.89. The van der Waals surface area contributed by atoms with E-state index in [0.717, 1.165) is 11.4 Å². The molecule has 7 nitrogen and oxygen atoms in total. The van der Waals surface area contributed by atoms with Crippen LogP contribution in [0.4, 0.5) is 0 Å². The summed E-state index contributed by atoms with van der Waals surface area (Å²) < 4.78 is 6.73. The Morgan fingerprint density at radius 3 is 2.60 bits per heavy atom. The van der Waals surface area contributed by atoms with Crippen molar-refractivity contribution in [1.82, 2.24) is 15.1 Å². The highest BCUT2D eigenvalue weighted by Crippen LogP contribution is 2.21. The molecule has 7 heteroatoms. The van der Waals surface area contributed by atoms with E-state index >= 15 is 0 Å². The molecular weight excluding hydrogens is 262 g/mol. The molecule has 0 saturated carbocycles. The topological polar surface area (TPSA) is 93.5 Å². The number of amides is 1. The van der Waals surface area contributed by atoms with Crippen molar-refractivity contribution in [1.29, 1.82) is 0 Å². The summed E-state index contributed by atoms with van der Waals surface area (Å²) in [7, 11) is 0. The number of aliphatic carboxylic acids is 1. The zero-order valence-corrected chi connectivity index (χ0v) is 11.7. The van der Waals surface area contributed by atoms with E-state index < -0.39 is 11.5 Å². The fourth-order valence-corrected chi connectivity index (χ4v) is 2.39. The minimum Gasteiger partial charge on any atom is -0.480 e. The Morgan fingerprint density at radius 2 is 2.10 bits per heavy atom. The Labute approximate surface area is 116 Å². The molecule has 1 fully saturated rings. The number of carboxylic acids is 1. The van der Waals surface area contributed by atoms with Crippen LogP contribution in [-0.2, 0) is 20.9 Å². The molecule has 2 rings (SSSR count). The van der Waals surface area contributed by atoms with Crippen LogP contribution in [0.3, 0.4) is 0 Å². The predicted octanol–water partition coefficient (Wildman–Crippen LogP) is 0.250. The highest BCUT2D eigenvalue weighted by Gasteiger charge is 2.41. The predicted molar refractivity (Wildman–Crippen MR) is 70.3 cm³/mol. The minimum atomic E-state index is -1.22. The number of carbonyl (C=O) groups is 2. The lowest BCUT2D eigenvalue weighted by molar-refractivity contribution is -0.152. The summed E-state index contributed by atoms with van der Waals surface area (Å²) in [6, 6.07) is 1.87. The molecule has 0 aromatic carbocycles. The maximum atomic E-state index is 12.1. The van der Waals surface area contributed by atoms with Crippen molar-refractivity contribution in [2.45, 2.75) is 38.8 Å². The van der Waals surface area contributed by atoms with Crippen LogP contribution in [0.25, 0.3) is 0 Å². The summed E-state index contributed by atoms with van der Waals surface area (Å²) in [5, 5.41) is 16.2. The van der Waals surface area contributed by atoms with Crippen LogP contribution in [0.2, 0.25) is 0 Å². The monoisotopic (exact) mass is 281 g/mol. The maximum Gasteiger partial charge on any atom is 0.329 e. The second-order valence-corrected chi connectivity index (χ2v) is 5.13. The van der Waals surface area contributed by atoms with Gasteiger partial charge in [0.2, 0.25) is 5.91 Å². The summed E-state index contributed by atoms with van der Waals surface area (Å²) in [4.78, 5) is 23.5.